The standard InChI is InChI=1S/C16H14ClN3O2S2/c1-23-16(20-11-12-3-2-8-19-10-12)15(9-18)24(21,22)14-6-4-13(17)5-7-14/h2-8,10,20H,11H2,1H3/b16-15-. The number of nitrogens with one attached hydrogen (secondary N) is 1. The first-order valence-corrected chi connectivity index (χ1v) is 9.89. The summed E-state index contributed by atoms with van der Waals surface area (Å²) < 4.78 is 25.4. The normalized spacial score (nSPS) is 12.2. The molecule has 0 atom stereocenters. The fraction of sp³-hybridized carbons (Fsp3) is 0.125. The van der Waals surface area contributed by atoms with Crippen molar-refractivity contribution >= 4 is 33.2 Å². The summed E-state index contributed by atoms with van der Waals surface area (Å²) in [6.45, 7) is 0.366. The van der Waals surface area contributed by atoms with Crippen LogP contribution >= 0.6 is 23.4 Å². The van der Waals surface area contributed by atoms with Gasteiger partial charge in [-0.2, -0.15) is 5.26 Å². The lowest BCUT2D eigenvalue weighted by atomic mass is 10.3. The van der Waals surface area contributed by atoms with Gasteiger partial charge in [0.2, 0.25) is 9.84 Å². The molecule has 1 heterocycles. The molecular formula is C16H14ClN3O2S2. The maximum atomic E-state index is 12.7. The van der Waals surface area contributed by atoms with Gasteiger partial charge in [0.05, 0.1) is 9.92 Å². The molecule has 0 spiro atoms. The van der Waals surface area contributed by atoms with E-state index in [0.29, 0.717) is 11.6 Å². The predicted octanol–water partition coefficient (Wildman–Crippen LogP) is 3.35. The molecule has 0 unspecified atom stereocenters. The molecule has 0 fully saturated rings. The van der Waals surface area contributed by atoms with E-state index in [-0.39, 0.29) is 14.8 Å². The number of rotatable bonds is 6. The molecule has 24 heavy (non-hydrogen) atoms. The van der Waals surface area contributed by atoms with E-state index in [0.717, 1.165) is 5.56 Å². The molecule has 5 nitrogen and oxygen atoms in total. The highest BCUT2D eigenvalue weighted by atomic mass is 35.5. The number of allylic oxidation sites excluding steroid dienone is 1. The minimum absolute atomic E-state index is 0.0261. The van der Waals surface area contributed by atoms with Crippen LogP contribution in [0.4, 0.5) is 0 Å². The molecule has 0 aliphatic heterocycles. The van der Waals surface area contributed by atoms with Crippen LogP contribution in [0.25, 0.3) is 0 Å². The number of sulfone groups is 1. The number of pyridine rings is 1. The summed E-state index contributed by atoms with van der Waals surface area (Å²) >= 11 is 6.96. The van der Waals surface area contributed by atoms with Crippen molar-refractivity contribution in [1.82, 2.24) is 10.3 Å². The Kier molecular flexibility index (Phi) is 6.26. The minimum atomic E-state index is -3.92. The average Bonchev–Trinajstić information content (AvgIpc) is 2.59. The maximum absolute atomic E-state index is 12.7. The Morgan fingerprint density at radius 3 is 2.58 bits per heavy atom. The average molecular weight is 380 g/mol. The summed E-state index contributed by atoms with van der Waals surface area (Å²) in [7, 11) is -3.92. The third-order valence-electron chi connectivity index (χ3n) is 3.08. The van der Waals surface area contributed by atoms with Crippen molar-refractivity contribution in [3.63, 3.8) is 0 Å². The fourth-order valence-electron chi connectivity index (χ4n) is 1.89. The van der Waals surface area contributed by atoms with Gasteiger partial charge in [-0.3, -0.25) is 4.98 Å². The topological polar surface area (TPSA) is 82.8 Å². The van der Waals surface area contributed by atoms with E-state index in [2.05, 4.69) is 10.3 Å². The Morgan fingerprint density at radius 1 is 1.33 bits per heavy atom. The number of nitrogens with zero attached hydrogens (tertiary/aromatic N) is 2. The second-order valence-electron chi connectivity index (χ2n) is 4.65. The number of halogens is 1. The van der Waals surface area contributed by atoms with E-state index >= 15 is 0 Å². The molecule has 2 aromatic rings. The van der Waals surface area contributed by atoms with Crippen LogP contribution in [0.2, 0.25) is 5.02 Å². The van der Waals surface area contributed by atoms with Gasteiger partial charge in [0.15, 0.2) is 4.91 Å². The molecule has 2 rings (SSSR count). The third-order valence-corrected chi connectivity index (χ3v) is 5.94. The number of thioether (sulfide) groups is 1. The first kappa shape index (κ1) is 18.3. The zero-order valence-electron chi connectivity index (χ0n) is 12.7. The molecule has 0 saturated heterocycles. The van der Waals surface area contributed by atoms with Gasteiger partial charge in [0.25, 0.3) is 0 Å². The summed E-state index contributed by atoms with van der Waals surface area (Å²) in [4.78, 5) is 3.71. The van der Waals surface area contributed by atoms with Crippen LogP contribution in [-0.2, 0) is 16.4 Å². The molecule has 0 aliphatic rings. The number of hydrogen-bond donors (Lipinski definition) is 1. The quantitative estimate of drug-likeness (QED) is 0.775. The highest BCUT2D eigenvalue weighted by Crippen LogP contribution is 2.26. The number of benzene rings is 1. The van der Waals surface area contributed by atoms with Crippen LogP contribution in [0, 0.1) is 11.3 Å². The van der Waals surface area contributed by atoms with Crippen molar-refractivity contribution in [1.29, 1.82) is 5.26 Å². The molecular weight excluding hydrogens is 366 g/mol. The highest BCUT2D eigenvalue weighted by molar-refractivity contribution is 8.04. The Balaban J connectivity index is 2.36. The van der Waals surface area contributed by atoms with Crippen LogP contribution in [-0.4, -0.2) is 19.7 Å². The Bertz CT molecular complexity index is 874. The van der Waals surface area contributed by atoms with Crippen LogP contribution in [0.5, 0.6) is 0 Å². The SMILES string of the molecule is CS/C(NCc1cccnc1)=C(/C#N)S(=O)(=O)c1ccc(Cl)cc1. The second kappa shape index (κ2) is 8.20. The van der Waals surface area contributed by atoms with Gasteiger partial charge in [0.1, 0.15) is 6.07 Å². The van der Waals surface area contributed by atoms with Crippen molar-refractivity contribution in [2.45, 2.75) is 11.4 Å². The maximum Gasteiger partial charge on any atom is 0.219 e. The summed E-state index contributed by atoms with van der Waals surface area (Å²) in [5, 5.41) is 13.1. The number of aromatic nitrogens is 1. The monoisotopic (exact) mass is 379 g/mol. The summed E-state index contributed by atoms with van der Waals surface area (Å²) in [5.74, 6) is 0. The van der Waals surface area contributed by atoms with Crippen LogP contribution in [0.1, 0.15) is 5.56 Å². The van der Waals surface area contributed by atoms with E-state index < -0.39 is 9.84 Å². The molecule has 0 saturated carbocycles. The predicted molar refractivity (Wildman–Crippen MR) is 95.9 cm³/mol. The van der Waals surface area contributed by atoms with E-state index in [1.54, 1.807) is 30.8 Å². The van der Waals surface area contributed by atoms with E-state index in [4.69, 9.17) is 11.6 Å². The Morgan fingerprint density at radius 2 is 2.04 bits per heavy atom. The lowest BCUT2D eigenvalue weighted by Gasteiger charge is -2.12. The molecule has 1 N–H and O–H groups in total. The van der Waals surface area contributed by atoms with Crippen molar-refractivity contribution in [3.8, 4) is 6.07 Å². The molecule has 124 valence electrons. The highest BCUT2D eigenvalue weighted by Gasteiger charge is 2.24. The summed E-state index contributed by atoms with van der Waals surface area (Å²) in [6.07, 6.45) is 5.03. The lowest BCUT2D eigenvalue weighted by Crippen LogP contribution is -2.16. The fourth-order valence-corrected chi connectivity index (χ4v) is 4.21. The first-order chi connectivity index (χ1) is 11.5. The lowest BCUT2D eigenvalue weighted by molar-refractivity contribution is 0.602. The smallest absolute Gasteiger partial charge is 0.219 e. The van der Waals surface area contributed by atoms with Gasteiger partial charge in [-0.1, -0.05) is 17.7 Å². The van der Waals surface area contributed by atoms with Gasteiger partial charge < -0.3 is 5.32 Å². The molecule has 0 amide bonds. The van der Waals surface area contributed by atoms with Gasteiger partial charge >= 0.3 is 0 Å². The number of hydrogen-bond acceptors (Lipinski definition) is 6. The largest absolute Gasteiger partial charge is 0.374 e. The second-order valence-corrected chi connectivity index (χ2v) is 7.79. The van der Waals surface area contributed by atoms with Crippen molar-refractivity contribution in [2.24, 2.45) is 0 Å². The number of nitriles is 1. The van der Waals surface area contributed by atoms with Gasteiger partial charge in [-0.25, -0.2) is 8.42 Å². The summed E-state index contributed by atoms with van der Waals surface area (Å²) in [6, 6.07) is 11.2. The van der Waals surface area contributed by atoms with Crippen LogP contribution in [0.15, 0.2) is 63.6 Å². The molecule has 0 bridgehead atoms. The van der Waals surface area contributed by atoms with Crippen molar-refractivity contribution in [2.75, 3.05) is 6.26 Å². The molecule has 8 heteroatoms. The Hall–Kier alpha value is -2.01. The van der Waals surface area contributed by atoms with Crippen molar-refractivity contribution < 1.29 is 8.42 Å². The Labute approximate surface area is 150 Å². The van der Waals surface area contributed by atoms with Crippen molar-refractivity contribution in [3.05, 3.63) is 69.3 Å². The zero-order chi connectivity index (χ0) is 17.6. The van der Waals surface area contributed by atoms with E-state index in [1.165, 1.54) is 36.0 Å². The molecule has 1 aromatic carbocycles. The third kappa shape index (κ3) is 4.29. The molecule has 0 radical (unpaired) electrons. The zero-order valence-corrected chi connectivity index (χ0v) is 15.1. The molecule has 0 aliphatic carbocycles. The van der Waals surface area contributed by atoms with Gasteiger partial charge in [-0.15, -0.1) is 11.8 Å². The van der Waals surface area contributed by atoms with Crippen LogP contribution in [0.3, 0.4) is 0 Å². The molecule has 1 aromatic heterocycles. The van der Waals surface area contributed by atoms with Gasteiger partial charge in [-0.05, 0) is 42.2 Å². The minimum Gasteiger partial charge on any atom is -0.374 e. The summed E-state index contributed by atoms with van der Waals surface area (Å²) in [5.41, 5.74) is 0.880. The first-order valence-electron chi connectivity index (χ1n) is 6.81. The van der Waals surface area contributed by atoms with Gasteiger partial charge in [0, 0.05) is 24.0 Å². The van der Waals surface area contributed by atoms with Crippen LogP contribution < -0.4 is 5.32 Å². The van der Waals surface area contributed by atoms with E-state index in [9.17, 15) is 13.7 Å². The van der Waals surface area contributed by atoms with E-state index in [1.807, 2.05) is 6.07 Å².